The molecule has 2 aliphatic heterocycles. The van der Waals surface area contributed by atoms with Gasteiger partial charge in [-0.25, -0.2) is 0 Å². The molecule has 2 saturated heterocycles. The van der Waals surface area contributed by atoms with Crippen LogP contribution in [0, 0.1) is 0 Å². The fraction of sp³-hybridized carbons (Fsp3) is 0. The molecule has 2 aliphatic rings. The van der Waals surface area contributed by atoms with E-state index in [0.29, 0.717) is 0 Å². The SMILES string of the molecule is [O]1[Hg][O]B1[O][Hg][O]B1[O][Hg][O]1. The van der Waals surface area contributed by atoms with Crippen molar-refractivity contribution in [2.45, 2.75) is 0 Å². The molecule has 0 aliphatic carbocycles. The van der Waals surface area contributed by atoms with Gasteiger partial charge in [0.25, 0.3) is 0 Å². The fourth-order valence-electron chi connectivity index (χ4n) is 0.590. The van der Waals surface area contributed by atoms with Gasteiger partial charge in [-0.05, 0) is 0 Å². The molecule has 6 nitrogen and oxygen atoms in total. The van der Waals surface area contributed by atoms with Gasteiger partial charge in [-0.3, -0.25) is 0 Å². The molecule has 0 aromatic heterocycles. The predicted molar refractivity (Wildman–Crippen MR) is 18.0 cm³/mol. The number of hydrogen-bond acceptors (Lipinski definition) is 6. The average molecular weight is 719 g/mol. The van der Waals surface area contributed by atoms with Crippen molar-refractivity contribution >= 4 is 14.6 Å². The van der Waals surface area contributed by atoms with Gasteiger partial charge >= 0.3 is 106 Å². The molecule has 0 spiro atoms. The van der Waals surface area contributed by atoms with E-state index in [0.717, 1.165) is 0 Å². The van der Waals surface area contributed by atoms with Crippen molar-refractivity contribution in [1.82, 2.24) is 0 Å². The summed E-state index contributed by atoms with van der Waals surface area (Å²) < 4.78 is 30.5. The molecular weight excluding hydrogens is 719 g/mol. The average Bonchev–Trinajstić information content (AvgIpc) is 1.79. The molecule has 0 N–H and O–H groups in total. The van der Waals surface area contributed by atoms with Gasteiger partial charge in [0.05, 0.1) is 0 Å². The maximum atomic E-state index is 5.16. The Kier molecular flexibility index (Phi) is 5.15. The molecule has 0 amide bonds. The second-order valence-electron chi connectivity index (χ2n) is 1.93. The van der Waals surface area contributed by atoms with Gasteiger partial charge in [-0.1, -0.05) is 0 Å². The summed E-state index contributed by atoms with van der Waals surface area (Å²) in [6.45, 7) is 0. The molecule has 0 aromatic carbocycles. The Bertz CT molecular complexity index is 111. The Balaban J connectivity index is 1.46. The van der Waals surface area contributed by atoms with Crippen molar-refractivity contribution < 1.29 is 91.8 Å². The first-order valence-electron chi connectivity index (χ1n) is 3.15. The van der Waals surface area contributed by atoms with Crippen LogP contribution in [0.1, 0.15) is 0 Å². The second kappa shape index (κ2) is 5.55. The molecule has 11 heavy (non-hydrogen) atoms. The zero-order valence-electron chi connectivity index (χ0n) is 5.73. The van der Waals surface area contributed by atoms with Crippen LogP contribution in [-0.2, 0) is 91.8 Å². The van der Waals surface area contributed by atoms with Crippen LogP contribution in [0.15, 0.2) is 0 Å². The van der Waals surface area contributed by atoms with Gasteiger partial charge in [-0.15, -0.1) is 0 Å². The Morgan fingerprint density at radius 2 is 1.36 bits per heavy atom. The van der Waals surface area contributed by atoms with Crippen molar-refractivity contribution in [2.75, 3.05) is 0 Å². The van der Waals surface area contributed by atoms with Crippen molar-refractivity contribution in [3.05, 3.63) is 0 Å². The van der Waals surface area contributed by atoms with E-state index in [-0.39, 0.29) is 14.6 Å². The summed E-state index contributed by atoms with van der Waals surface area (Å²) in [7, 11) is -0.744. The minimum absolute atomic E-state index is 0.372. The molecule has 48 valence electrons. The predicted octanol–water partition coefficient (Wildman–Crippen LogP) is -1.18. The molecule has 0 aromatic rings. The van der Waals surface area contributed by atoms with Gasteiger partial charge in [-0.2, -0.15) is 0 Å². The number of rotatable bonds is 4. The normalized spacial score (nSPS) is 19.3. The Labute approximate surface area is 105 Å². The third kappa shape index (κ3) is 3.39. The first kappa shape index (κ1) is 10.2. The third-order valence-electron chi connectivity index (χ3n) is 1.22. The van der Waals surface area contributed by atoms with E-state index >= 15 is 0 Å². The van der Waals surface area contributed by atoms with E-state index in [2.05, 4.69) is 0 Å². The summed E-state index contributed by atoms with van der Waals surface area (Å²) in [6, 6.07) is 0. The monoisotopic (exact) mass is 724 g/mol. The molecule has 2 fully saturated rings. The summed E-state index contributed by atoms with van der Waals surface area (Å²) in [5.41, 5.74) is 0. The second-order valence-corrected chi connectivity index (χ2v) is 12.5. The molecule has 0 saturated carbocycles. The number of hydrogen-bond donors (Lipinski definition) is 0. The summed E-state index contributed by atoms with van der Waals surface area (Å²) in [5.74, 6) is 0. The van der Waals surface area contributed by atoms with E-state index in [4.69, 9.17) is 15.4 Å². The summed E-state index contributed by atoms with van der Waals surface area (Å²) in [6.07, 6.45) is 0. The first-order valence-corrected chi connectivity index (χ1v) is 16.6. The van der Waals surface area contributed by atoms with Crippen molar-refractivity contribution in [3.8, 4) is 0 Å². The fourth-order valence-corrected chi connectivity index (χ4v) is 18.3. The summed E-state index contributed by atoms with van der Waals surface area (Å²) in [4.78, 5) is 0. The van der Waals surface area contributed by atoms with Crippen LogP contribution in [0.4, 0.5) is 0 Å². The van der Waals surface area contributed by atoms with Gasteiger partial charge in [0.2, 0.25) is 0 Å². The molecule has 11 heteroatoms. The maximum absolute atomic E-state index is 5.16. The zero-order chi connectivity index (χ0) is 7.52. The molecule has 2 heterocycles. The van der Waals surface area contributed by atoms with Crippen molar-refractivity contribution in [2.24, 2.45) is 0 Å². The van der Waals surface area contributed by atoms with Crippen LogP contribution in [0.5, 0.6) is 0 Å². The van der Waals surface area contributed by atoms with E-state index in [9.17, 15) is 0 Å². The van der Waals surface area contributed by atoms with Gasteiger partial charge < -0.3 is 0 Å². The quantitative estimate of drug-likeness (QED) is 0.342. The third-order valence-corrected chi connectivity index (χ3v) is 10.7. The topological polar surface area (TPSA) is 55.4 Å². The van der Waals surface area contributed by atoms with Crippen molar-refractivity contribution in [3.63, 3.8) is 0 Å². The molecule has 0 unspecified atom stereocenters. The van der Waals surface area contributed by atoms with Crippen LogP contribution in [-0.4, -0.2) is 14.6 Å². The van der Waals surface area contributed by atoms with Crippen LogP contribution >= 0.6 is 0 Å². The van der Waals surface area contributed by atoms with Crippen LogP contribution in [0.25, 0.3) is 0 Å². The Hall–Kier alpha value is 2.70. The van der Waals surface area contributed by atoms with E-state index < -0.39 is 76.5 Å². The van der Waals surface area contributed by atoms with Gasteiger partial charge in [0, 0.05) is 0 Å². The summed E-state index contributed by atoms with van der Waals surface area (Å²) >= 11 is -4.27. The van der Waals surface area contributed by atoms with Crippen molar-refractivity contribution in [1.29, 1.82) is 0 Å². The molecule has 0 radical (unpaired) electrons. The van der Waals surface area contributed by atoms with Crippen LogP contribution in [0.3, 0.4) is 0 Å². The molecule has 0 bridgehead atoms. The summed E-state index contributed by atoms with van der Waals surface area (Å²) in [5, 5.41) is 0. The minimum atomic E-state index is -1.72. The van der Waals surface area contributed by atoms with E-state index in [1.165, 1.54) is 0 Å². The van der Waals surface area contributed by atoms with Crippen LogP contribution in [0.2, 0.25) is 0 Å². The zero-order valence-corrected chi connectivity index (χ0v) is 22.2. The van der Waals surface area contributed by atoms with E-state index in [1.54, 1.807) is 0 Å². The molecule has 2 rings (SSSR count). The molecular formula is B2Hg3O6. The Morgan fingerprint density at radius 1 is 0.909 bits per heavy atom. The Morgan fingerprint density at radius 3 is 1.64 bits per heavy atom. The molecule has 0 atom stereocenters. The van der Waals surface area contributed by atoms with E-state index in [1.807, 2.05) is 0 Å². The van der Waals surface area contributed by atoms with Gasteiger partial charge in [0.1, 0.15) is 0 Å². The van der Waals surface area contributed by atoms with Gasteiger partial charge in [0.15, 0.2) is 0 Å². The van der Waals surface area contributed by atoms with Crippen LogP contribution < -0.4 is 0 Å². The standard InChI is InChI=1S/2BO3.3Hg/c2*2-1(3)4;;;/q2*-3;3*+2. The first-order chi connectivity index (χ1) is 5.45.